The van der Waals surface area contributed by atoms with Crippen LogP contribution >= 0.6 is 273 Å². The van der Waals surface area contributed by atoms with Crippen molar-refractivity contribution in [1.82, 2.24) is 0 Å². The highest BCUT2D eigenvalue weighted by Crippen LogP contribution is 3.40. The topological polar surface area (TPSA) is 16.4 Å². The molecule has 1 heterocycles. The number of rotatable bonds is 19. The molecule has 0 spiro atoms. The molecule has 0 saturated heterocycles. The molecule has 7 aromatic carbocycles. The quantitative estimate of drug-likeness (QED) is 0.0750. The standard InChI is InChI=1S/C48H37NO.H36P34/c1-47(2)36-18-8-5-14-33(36)45-38(47)20-12-22-40(45)49(41-23-13-21-39-46(41)34-15-6-9-19-37(34)48(39,3)4)31-28-26-30(27-29-31)32-17-11-25-43-44(32)35-16-7-10-24-42(35)50-43;1-19(2)28(20(3)4)32(27(17)18)34(31(25(13)14)26(15)16)33(29(21(5)6)22(7)8)30(23(9)10)24(11)12/h5-29H,1-4H3;1-18H2. The van der Waals surface area contributed by atoms with E-state index in [2.05, 4.69) is 339 Å². The lowest BCUT2D eigenvalue weighted by molar-refractivity contribution is 0.660. The van der Waals surface area contributed by atoms with Crippen LogP contribution < -0.4 is 4.90 Å². The first kappa shape index (κ1) is 76.9. The molecule has 0 fully saturated rings. The molecule has 0 bridgehead atoms. The first-order valence-electron chi connectivity index (χ1n) is 25.3. The second-order valence-electron chi connectivity index (χ2n) is 20.2. The highest BCUT2D eigenvalue weighted by atomic mass is 33.5. The molecule has 10 rings (SSSR count). The van der Waals surface area contributed by atoms with Gasteiger partial charge in [-0.15, -0.1) is 161 Å². The van der Waals surface area contributed by atoms with Crippen molar-refractivity contribution in [2.75, 3.05) is 4.90 Å². The van der Waals surface area contributed by atoms with Gasteiger partial charge >= 0.3 is 0 Å². The van der Waals surface area contributed by atoms with Crippen LogP contribution in [0.1, 0.15) is 49.9 Å². The van der Waals surface area contributed by atoms with Crippen molar-refractivity contribution in [2.24, 2.45) is 0 Å². The lowest BCUT2D eigenvalue weighted by Gasteiger charge is -2.54. The number of benzene rings is 7. The van der Waals surface area contributed by atoms with E-state index in [0.717, 1.165) is 27.6 Å². The second kappa shape index (κ2) is 34.2. The molecule has 1 aromatic heterocycles. The number of nitrogens with zero attached hydrogens (tertiary/aromatic N) is 1. The lowest BCUT2D eigenvalue weighted by atomic mass is 9.82. The van der Waals surface area contributed by atoms with E-state index in [-0.39, 0.29) is 123 Å². The third-order valence-corrected chi connectivity index (χ3v) is 240. The lowest BCUT2D eigenvalue weighted by Crippen LogP contribution is -2.17. The highest BCUT2D eigenvalue weighted by Gasteiger charge is 2.53. The van der Waals surface area contributed by atoms with Gasteiger partial charge in [0, 0.05) is 38.4 Å². The third-order valence-electron chi connectivity index (χ3n) is 14.3. The Labute approximate surface area is 560 Å². The average Bonchev–Trinajstić information content (AvgIpc) is 1.89. The Kier molecular flexibility index (Phi) is 31.3. The summed E-state index contributed by atoms with van der Waals surface area (Å²) in [5.41, 5.74) is 18.3. The molecule has 0 radical (unpaired) electrons. The smallest absolute Gasteiger partial charge is 0.136 e. The van der Waals surface area contributed by atoms with Gasteiger partial charge in [0.25, 0.3) is 0 Å². The maximum atomic E-state index is 6.26. The summed E-state index contributed by atoms with van der Waals surface area (Å²) in [6, 6.07) is 55.6. The molecule has 0 aliphatic heterocycles. The summed E-state index contributed by atoms with van der Waals surface area (Å²) in [5.74, 6) is 0. The van der Waals surface area contributed by atoms with Crippen LogP contribution in [0, 0.1) is 0 Å². The molecule has 0 amide bonds. The van der Waals surface area contributed by atoms with Gasteiger partial charge in [-0.1, -0.05) is 143 Å². The first-order valence-corrected chi connectivity index (χ1v) is 86.4. The van der Waals surface area contributed by atoms with E-state index < -0.39 is 0 Å². The number of anilines is 3. The Bertz CT molecular complexity index is 3440. The Balaban J connectivity index is 0.000000220. The van der Waals surface area contributed by atoms with Crippen LogP contribution in [0.15, 0.2) is 156 Å². The van der Waals surface area contributed by atoms with Gasteiger partial charge in [0.05, 0.1) is 11.4 Å². The number of hydrogen-bond donors (Lipinski definition) is 0. The Morgan fingerprint density at radius 1 is 0.310 bits per heavy atom. The molecule has 0 saturated carbocycles. The summed E-state index contributed by atoms with van der Waals surface area (Å²) in [6.45, 7) is 8.67. The van der Waals surface area contributed by atoms with Gasteiger partial charge in [0.1, 0.15) is 11.2 Å². The zero-order valence-corrected chi connectivity index (χ0v) is 81.4. The summed E-state index contributed by atoms with van der Waals surface area (Å²) >= 11 is 0. The molecule has 36 heteroatoms. The van der Waals surface area contributed by atoms with Crippen molar-refractivity contribution < 1.29 is 4.42 Å². The van der Waals surface area contributed by atoms with Gasteiger partial charge in [-0.3, -0.25) is 0 Å². The third kappa shape index (κ3) is 16.6. The minimum absolute atomic E-state index is 0.000249. The Morgan fingerprint density at radius 3 is 1.07 bits per heavy atom. The fraction of sp³-hybridized carbons (Fsp3) is 0.125. The molecule has 2 aliphatic rings. The van der Waals surface area contributed by atoms with E-state index >= 15 is 0 Å². The number of furan rings is 1. The predicted octanol–water partition coefficient (Wildman–Crippen LogP) is 33.0. The van der Waals surface area contributed by atoms with Crippen LogP contribution in [-0.4, -0.2) is 0 Å². The fourth-order valence-electron chi connectivity index (χ4n) is 11.0. The molecule has 446 valence electrons. The zero-order chi connectivity index (χ0) is 61.0. The van der Waals surface area contributed by atoms with Crippen molar-refractivity contribution >= 4 is 312 Å². The molecule has 2 nitrogen and oxygen atoms in total. The average molecular weight is 1730 g/mol. The Hall–Kier alpha value is 8.76. The summed E-state index contributed by atoms with van der Waals surface area (Å²) in [7, 11) is 60.0. The van der Waals surface area contributed by atoms with Crippen molar-refractivity contribution in [3.05, 3.63) is 174 Å². The summed E-state index contributed by atoms with van der Waals surface area (Å²) in [6.07, 6.45) is 0. The normalized spacial score (nSPS) is 15.2. The van der Waals surface area contributed by atoms with E-state index in [9.17, 15) is 0 Å². The van der Waals surface area contributed by atoms with Gasteiger partial charge in [0.2, 0.25) is 0 Å². The van der Waals surface area contributed by atoms with Gasteiger partial charge < -0.3 is 9.32 Å². The van der Waals surface area contributed by atoms with Crippen LogP contribution in [0.2, 0.25) is 0 Å². The van der Waals surface area contributed by atoms with E-state index in [1.807, 2.05) is 6.07 Å². The van der Waals surface area contributed by atoms with E-state index in [4.69, 9.17) is 4.42 Å². The second-order valence-corrected chi connectivity index (χ2v) is 158. The molecule has 8 aromatic rings. The fourth-order valence-corrected chi connectivity index (χ4v) is 471. The zero-order valence-electron chi connectivity index (χ0n) is 46.3. The maximum Gasteiger partial charge on any atom is 0.136 e. The van der Waals surface area contributed by atoms with Crippen LogP contribution in [0.4, 0.5) is 17.1 Å². The van der Waals surface area contributed by atoms with Crippen LogP contribution in [0.5, 0.6) is 0 Å². The van der Waals surface area contributed by atoms with Crippen LogP contribution in [-0.2, 0) is 10.8 Å². The molecule has 84 heavy (non-hydrogen) atoms. The van der Waals surface area contributed by atoms with E-state index in [1.165, 1.54) is 67.0 Å². The number of para-hydroxylation sites is 1. The summed E-state index contributed by atoms with van der Waals surface area (Å²) < 4.78 is 6.26. The van der Waals surface area contributed by atoms with Crippen molar-refractivity contribution in [2.45, 2.75) is 38.5 Å². The van der Waals surface area contributed by atoms with Gasteiger partial charge in [0.15, 0.2) is 0 Å². The highest BCUT2D eigenvalue weighted by molar-refractivity contribution is 9.46. The SMILES string of the molecule is CC1(C)c2ccccc2-c2c(N(c3ccc(-c4cccc5oc6ccccc6c45)cc3)c3cccc4c3-c3ccccc3C4(C)C)cccc21.PP(P)P(P(P)P)P(P(P)P)P(P(P(P)P)P(P)P)P(P(P(P)P)P(P)P)P(P(P)P)P(P)P. The van der Waals surface area contributed by atoms with Crippen molar-refractivity contribution in [1.29, 1.82) is 0 Å². The number of fused-ring (bicyclic) bond motifs is 9. The monoisotopic (exact) mass is 1730 g/mol. The minimum atomic E-state index is -0.103. The van der Waals surface area contributed by atoms with Gasteiger partial charge in [-0.2, -0.15) is 0 Å². The Morgan fingerprint density at radius 2 is 0.643 bits per heavy atom. The molecule has 20 unspecified atom stereocenters. The minimum Gasteiger partial charge on any atom is -0.456 e. The molecule has 20 atom stereocenters. The van der Waals surface area contributed by atoms with Gasteiger partial charge in [-0.25, -0.2) is 0 Å². The molecule has 0 N–H and O–H groups in total. The van der Waals surface area contributed by atoms with E-state index in [1.54, 1.807) is 0 Å². The predicted molar refractivity (Wildman–Crippen MR) is 494 cm³/mol. The molecule has 2 aliphatic carbocycles. The van der Waals surface area contributed by atoms with E-state index in [0.29, 0.717) is 0 Å². The van der Waals surface area contributed by atoms with Crippen LogP contribution in [0.25, 0.3) is 55.3 Å². The molecular weight excluding hydrogens is 1660 g/mol. The maximum absolute atomic E-state index is 6.26. The van der Waals surface area contributed by atoms with Crippen molar-refractivity contribution in [3.63, 3.8) is 0 Å². The first-order chi connectivity index (χ1) is 39.7. The van der Waals surface area contributed by atoms with Crippen molar-refractivity contribution in [3.8, 4) is 33.4 Å². The summed E-state index contributed by atoms with van der Waals surface area (Å²) in [5, 5.41) is 2.30. The summed E-state index contributed by atoms with van der Waals surface area (Å²) in [4.78, 5) is 2.52. The van der Waals surface area contributed by atoms with Gasteiger partial charge in [-0.05, 0) is 193 Å². The largest absolute Gasteiger partial charge is 0.456 e. The molecular formula is C48H73NOP34. The number of hydrogen-bond acceptors (Lipinski definition) is 2. The van der Waals surface area contributed by atoms with Crippen LogP contribution in [0.3, 0.4) is 0 Å².